The third kappa shape index (κ3) is 4.37. The molecule has 1 unspecified atom stereocenters. The standard InChI is InChI=1S/C14H21NO3/c1-4-17-14(16)13(15)11-5-7-12(8-6-11)18-9-10(2)3/h5-8,10,13H,4,9,15H2,1-3H3. The van der Waals surface area contributed by atoms with Crippen LogP contribution in [0.5, 0.6) is 5.75 Å². The minimum atomic E-state index is -0.732. The van der Waals surface area contributed by atoms with E-state index in [1.807, 2.05) is 12.1 Å². The zero-order valence-corrected chi connectivity index (χ0v) is 11.2. The highest BCUT2D eigenvalue weighted by atomic mass is 16.5. The van der Waals surface area contributed by atoms with Gasteiger partial charge in [0.25, 0.3) is 0 Å². The molecule has 0 amide bonds. The molecule has 4 nitrogen and oxygen atoms in total. The Morgan fingerprint density at radius 1 is 1.28 bits per heavy atom. The molecule has 0 aromatic heterocycles. The Labute approximate surface area is 108 Å². The molecule has 0 heterocycles. The fourth-order valence-corrected chi connectivity index (χ4v) is 1.40. The maximum atomic E-state index is 11.5. The van der Waals surface area contributed by atoms with E-state index in [4.69, 9.17) is 15.2 Å². The molecule has 0 fully saturated rings. The second-order valence-electron chi connectivity index (χ2n) is 4.50. The highest BCUT2D eigenvalue weighted by Crippen LogP contribution is 2.18. The number of hydrogen-bond acceptors (Lipinski definition) is 4. The topological polar surface area (TPSA) is 61.5 Å². The molecule has 1 aromatic rings. The summed E-state index contributed by atoms with van der Waals surface area (Å²) in [6.07, 6.45) is 0. The third-order valence-electron chi connectivity index (χ3n) is 2.36. The molecule has 1 atom stereocenters. The van der Waals surface area contributed by atoms with E-state index in [2.05, 4.69) is 13.8 Å². The quantitative estimate of drug-likeness (QED) is 0.788. The van der Waals surface area contributed by atoms with Crippen LogP contribution in [0.1, 0.15) is 32.4 Å². The van der Waals surface area contributed by atoms with Crippen molar-refractivity contribution >= 4 is 5.97 Å². The van der Waals surface area contributed by atoms with Crippen LogP contribution in [0.4, 0.5) is 0 Å². The van der Waals surface area contributed by atoms with Gasteiger partial charge in [-0.1, -0.05) is 26.0 Å². The van der Waals surface area contributed by atoms with Gasteiger partial charge < -0.3 is 15.2 Å². The molecule has 0 bridgehead atoms. The first-order valence-electron chi connectivity index (χ1n) is 6.19. The lowest BCUT2D eigenvalue weighted by atomic mass is 10.1. The lowest BCUT2D eigenvalue weighted by molar-refractivity contribution is -0.144. The lowest BCUT2D eigenvalue weighted by Crippen LogP contribution is -2.23. The summed E-state index contributed by atoms with van der Waals surface area (Å²) in [6, 6.07) is 6.48. The van der Waals surface area contributed by atoms with E-state index in [0.29, 0.717) is 19.1 Å². The highest BCUT2D eigenvalue weighted by molar-refractivity contribution is 5.77. The Morgan fingerprint density at radius 3 is 2.39 bits per heavy atom. The van der Waals surface area contributed by atoms with Crippen LogP contribution in [0.3, 0.4) is 0 Å². The van der Waals surface area contributed by atoms with Gasteiger partial charge in [-0.15, -0.1) is 0 Å². The molecule has 2 N–H and O–H groups in total. The monoisotopic (exact) mass is 251 g/mol. The number of rotatable bonds is 6. The molecule has 1 rings (SSSR count). The van der Waals surface area contributed by atoms with Crippen molar-refractivity contribution in [3.8, 4) is 5.75 Å². The van der Waals surface area contributed by atoms with E-state index in [0.717, 1.165) is 11.3 Å². The van der Waals surface area contributed by atoms with Crippen LogP contribution in [-0.4, -0.2) is 19.2 Å². The van der Waals surface area contributed by atoms with Crippen molar-refractivity contribution in [3.05, 3.63) is 29.8 Å². The van der Waals surface area contributed by atoms with Crippen LogP contribution in [0.25, 0.3) is 0 Å². The van der Waals surface area contributed by atoms with Gasteiger partial charge >= 0.3 is 5.97 Å². The molecule has 1 aromatic carbocycles. The number of benzene rings is 1. The second kappa shape index (κ2) is 7.01. The number of ether oxygens (including phenoxy) is 2. The summed E-state index contributed by atoms with van der Waals surface area (Å²) in [5, 5.41) is 0. The Bertz CT molecular complexity index is 373. The van der Waals surface area contributed by atoms with E-state index in [9.17, 15) is 4.79 Å². The van der Waals surface area contributed by atoms with Crippen LogP contribution in [0.15, 0.2) is 24.3 Å². The summed E-state index contributed by atoms with van der Waals surface area (Å²) in [7, 11) is 0. The second-order valence-corrected chi connectivity index (χ2v) is 4.50. The van der Waals surface area contributed by atoms with Crippen molar-refractivity contribution in [2.75, 3.05) is 13.2 Å². The van der Waals surface area contributed by atoms with Gasteiger partial charge in [-0.3, -0.25) is 0 Å². The SMILES string of the molecule is CCOC(=O)C(N)c1ccc(OCC(C)C)cc1. The van der Waals surface area contributed by atoms with E-state index in [1.165, 1.54) is 0 Å². The van der Waals surface area contributed by atoms with E-state index in [1.54, 1.807) is 19.1 Å². The summed E-state index contributed by atoms with van der Waals surface area (Å²) < 4.78 is 10.4. The van der Waals surface area contributed by atoms with Crippen molar-refractivity contribution in [2.24, 2.45) is 11.7 Å². The molecule has 0 aliphatic rings. The van der Waals surface area contributed by atoms with Gasteiger partial charge in [0.15, 0.2) is 0 Å². The Morgan fingerprint density at radius 2 is 1.89 bits per heavy atom. The fraction of sp³-hybridized carbons (Fsp3) is 0.500. The van der Waals surface area contributed by atoms with Gasteiger partial charge in [0, 0.05) is 0 Å². The van der Waals surface area contributed by atoms with Gasteiger partial charge in [0.1, 0.15) is 11.8 Å². The summed E-state index contributed by atoms with van der Waals surface area (Å²) in [4.78, 5) is 11.5. The lowest BCUT2D eigenvalue weighted by Gasteiger charge is -2.12. The Kier molecular flexibility index (Phi) is 5.65. The van der Waals surface area contributed by atoms with E-state index in [-0.39, 0.29) is 0 Å². The summed E-state index contributed by atoms with van der Waals surface area (Å²) in [6.45, 7) is 6.94. The molecule has 100 valence electrons. The molecule has 0 saturated heterocycles. The van der Waals surface area contributed by atoms with E-state index >= 15 is 0 Å². The minimum Gasteiger partial charge on any atom is -0.493 e. The highest BCUT2D eigenvalue weighted by Gasteiger charge is 2.16. The van der Waals surface area contributed by atoms with Crippen molar-refractivity contribution in [1.82, 2.24) is 0 Å². The minimum absolute atomic E-state index is 0.335. The first-order valence-corrected chi connectivity index (χ1v) is 6.19. The smallest absolute Gasteiger partial charge is 0.327 e. The van der Waals surface area contributed by atoms with Gasteiger partial charge in [0.2, 0.25) is 0 Å². The number of nitrogens with two attached hydrogens (primary N) is 1. The van der Waals surface area contributed by atoms with Crippen molar-refractivity contribution in [3.63, 3.8) is 0 Å². The van der Waals surface area contributed by atoms with Gasteiger partial charge in [-0.25, -0.2) is 4.79 Å². The first kappa shape index (κ1) is 14.5. The zero-order chi connectivity index (χ0) is 13.5. The van der Waals surface area contributed by atoms with Gasteiger partial charge in [0.05, 0.1) is 13.2 Å². The number of hydrogen-bond donors (Lipinski definition) is 1. The Balaban J connectivity index is 2.61. The number of carbonyl (C=O) groups is 1. The van der Waals surface area contributed by atoms with Crippen LogP contribution in [-0.2, 0) is 9.53 Å². The molecule has 0 saturated carbocycles. The van der Waals surface area contributed by atoms with Gasteiger partial charge in [-0.2, -0.15) is 0 Å². The molecule has 0 spiro atoms. The maximum absolute atomic E-state index is 11.5. The van der Waals surface area contributed by atoms with Crippen molar-refractivity contribution in [2.45, 2.75) is 26.8 Å². The van der Waals surface area contributed by atoms with Crippen LogP contribution in [0, 0.1) is 5.92 Å². The normalized spacial score (nSPS) is 12.3. The molecular weight excluding hydrogens is 230 g/mol. The van der Waals surface area contributed by atoms with Crippen molar-refractivity contribution < 1.29 is 14.3 Å². The summed E-state index contributed by atoms with van der Waals surface area (Å²) in [5.41, 5.74) is 6.51. The number of carbonyl (C=O) groups excluding carboxylic acids is 1. The molecule has 0 aliphatic carbocycles. The van der Waals surface area contributed by atoms with Gasteiger partial charge in [-0.05, 0) is 30.5 Å². The molecule has 18 heavy (non-hydrogen) atoms. The largest absolute Gasteiger partial charge is 0.493 e. The number of esters is 1. The van der Waals surface area contributed by atoms with Crippen LogP contribution in [0.2, 0.25) is 0 Å². The summed E-state index contributed by atoms with van der Waals surface area (Å²) >= 11 is 0. The average molecular weight is 251 g/mol. The maximum Gasteiger partial charge on any atom is 0.327 e. The first-order chi connectivity index (χ1) is 8.54. The fourth-order valence-electron chi connectivity index (χ4n) is 1.40. The molecular formula is C14H21NO3. The van der Waals surface area contributed by atoms with Crippen LogP contribution >= 0.6 is 0 Å². The third-order valence-corrected chi connectivity index (χ3v) is 2.36. The molecule has 4 heteroatoms. The molecule has 0 aliphatic heterocycles. The van der Waals surface area contributed by atoms with Crippen LogP contribution < -0.4 is 10.5 Å². The Hall–Kier alpha value is -1.55. The zero-order valence-electron chi connectivity index (χ0n) is 11.2. The average Bonchev–Trinajstić information content (AvgIpc) is 2.36. The predicted octanol–water partition coefficient (Wildman–Crippen LogP) is 2.28. The van der Waals surface area contributed by atoms with E-state index < -0.39 is 12.0 Å². The predicted molar refractivity (Wildman–Crippen MR) is 70.3 cm³/mol. The summed E-state index contributed by atoms with van der Waals surface area (Å²) in [5.74, 6) is 0.850. The molecule has 0 radical (unpaired) electrons. The van der Waals surface area contributed by atoms with Crippen molar-refractivity contribution in [1.29, 1.82) is 0 Å².